The summed E-state index contributed by atoms with van der Waals surface area (Å²) in [6.45, 7) is 0. The largest absolute Gasteiger partial charge is 0.486 e. The average Bonchev–Trinajstić information content (AvgIpc) is 2.97. The fourth-order valence-electron chi connectivity index (χ4n) is 5.55. The maximum absolute atomic E-state index is 6.83. The average molecular weight is 460 g/mol. The van der Waals surface area contributed by atoms with Crippen LogP contribution in [-0.2, 0) is 23.4 Å². The van der Waals surface area contributed by atoms with Gasteiger partial charge in [-0.1, -0.05) is 54.1 Å². The molecule has 0 fully saturated rings. The molecule has 168 valence electrons. The number of halogens is 1. The van der Waals surface area contributed by atoms with E-state index in [2.05, 4.69) is 36.4 Å². The molecular formula is C27H26ClN3O2. The van der Waals surface area contributed by atoms with Gasteiger partial charge in [-0.15, -0.1) is 0 Å². The van der Waals surface area contributed by atoms with Gasteiger partial charge in [0.1, 0.15) is 11.4 Å². The van der Waals surface area contributed by atoms with E-state index in [0.717, 1.165) is 48.1 Å². The molecule has 0 radical (unpaired) electrons. The standard InChI is InChI=1S/C27H26ClN3O2/c1-31-25(29)30-27(33-31)17-26(13-5-9-18-6-2-3-7-21(18)16-26)32-24-12-11-20(15-23(24)27)19-8-4-10-22(28)14-19/h2-4,6-8,10-12,14-15H,5,9,13,16-17H2,1H3,(H2,29,30). The second-order valence-electron chi connectivity index (χ2n) is 9.33. The molecule has 6 rings (SSSR count). The van der Waals surface area contributed by atoms with Crippen molar-refractivity contribution in [3.63, 3.8) is 0 Å². The number of ether oxygens (including phenoxy) is 1. The zero-order valence-electron chi connectivity index (χ0n) is 18.6. The molecule has 2 aliphatic heterocycles. The summed E-state index contributed by atoms with van der Waals surface area (Å²) >= 11 is 6.26. The number of hydroxylamine groups is 2. The highest BCUT2D eigenvalue weighted by Gasteiger charge is 2.54. The summed E-state index contributed by atoms with van der Waals surface area (Å²) in [5, 5.41) is 2.27. The third kappa shape index (κ3) is 3.47. The Labute approximate surface area is 198 Å². The van der Waals surface area contributed by atoms with Gasteiger partial charge in [0.05, 0.1) is 5.56 Å². The van der Waals surface area contributed by atoms with E-state index in [9.17, 15) is 0 Å². The number of aliphatic imine (C=N–C) groups is 1. The van der Waals surface area contributed by atoms with Gasteiger partial charge in [-0.05, 0) is 65.8 Å². The van der Waals surface area contributed by atoms with Crippen LogP contribution in [-0.4, -0.2) is 23.7 Å². The van der Waals surface area contributed by atoms with E-state index < -0.39 is 11.3 Å². The molecule has 1 aliphatic carbocycles. The van der Waals surface area contributed by atoms with E-state index >= 15 is 0 Å². The molecule has 5 nitrogen and oxygen atoms in total. The predicted octanol–water partition coefficient (Wildman–Crippen LogP) is 5.45. The quantitative estimate of drug-likeness (QED) is 0.525. The van der Waals surface area contributed by atoms with Crippen molar-refractivity contribution in [2.24, 2.45) is 10.7 Å². The van der Waals surface area contributed by atoms with Gasteiger partial charge in [0.25, 0.3) is 0 Å². The summed E-state index contributed by atoms with van der Waals surface area (Å²) in [4.78, 5) is 11.3. The van der Waals surface area contributed by atoms with Crippen LogP contribution in [0.5, 0.6) is 5.75 Å². The summed E-state index contributed by atoms with van der Waals surface area (Å²) in [6, 6.07) is 22.7. The van der Waals surface area contributed by atoms with E-state index in [4.69, 9.17) is 31.9 Å². The first kappa shape index (κ1) is 20.6. The van der Waals surface area contributed by atoms with Gasteiger partial charge < -0.3 is 10.5 Å². The number of nitrogens with two attached hydrogens (primary N) is 1. The van der Waals surface area contributed by atoms with Crippen LogP contribution in [0.4, 0.5) is 0 Å². The van der Waals surface area contributed by atoms with Gasteiger partial charge in [0, 0.05) is 24.9 Å². The molecule has 0 bridgehead atoms. The van der Waals surface area contributed by atoms with Crippen LogP contribution in [0.15, 0.2) is 71.7 Å². The van der Waals surface area contributed by atoms with Crippen molar-refractivity contribution < 1.29 is 9.57 Å². The van der Waals surface area contributed by atoms with Crippen LogP contribution in [0.25, 0.3) is 11.1 Å². The third-order valence-corrected chi connectivity index (χ3v) is 7.30. The highest BCUT2D eigenvalue weighted by Crippen LogP contribution is 2.52. The molecule has 2 atom stereocenters. The number of aryl methyl sites for hydroxylation is 1. The topological polar surface area (TPSA) is 60.1 Å². The number of guanidine groups is 1. The molecule has 3 aromatic carbocycles. The van der Waals surface area contributed by atoms with Crippen molar-refractivity contribution in [1.82, 2.24) is 5.06 Å². The van der Waals surface area contributed by atoms with Crippen molar-refractivity contribution in [3.8, 4) is 16.9 Å². The monoisotopic (exact) mass is 459 g/mol. The predicted molar refractivity (Wildman–Crippen MR) is 130 cm³/mol. The van der Waals surface area contributed by atoms with Crippen LogP contribution in [0.1, 0.15) is 36.0 Å². The Kier molecular flexibility index (Phi) is 4.68. The summed E-state index contributed by atoms with van der Waals surface area (Å²) in [6.07, 6.45) is 4.47. The summed E-state index contributed by atoms with van der Waals surface area (Å²) in [5.74, 6) is 1.18. The van der Waals surface area contributed by atoms with E-state index in [-0.39, 0.29) is 0 Å². The molecule has 3 aromatic rings. The van der Waals surface area contributed by atoms with Gasteiger partial charge in [-0.2, -0.15) is 0 Å². The lowest BCUT2D eigenvalue weighted by Gasteiger charge is -2.45. The lowest BCUT2D eigenvalue weighted by molar-refractivity contribution is -0.204. The Hall–Kier alpha value is -3.02. The summed E-state index contributed by atoms with van der Waals surface area (Å²) < 4.78 is 6.83. The minimum atomic E-state index is -0.916. The Bertz CT molecular complexity index is 1280. The lowest BCUT2D eigenvalue weighted by Crippen LogP contribution is -2.49. The molecule has 0 saturated carbocycles. The summed E-state index contributed by atoms with van der Waals surface area (Å²) in [5.41, 5.74) is 10.6. The molecule has 6 heteroatoms. The van der Waals surface area contributed by atoms with Gasteiger partial charge in [-0.3, -0.25) is 0 Å². The van der Waals surface area contributed by atoms with Crippen LogP contribution in [0.2, 0.25) is 5.02 Å². The Morgan fingerprint density at radius 2 is 1.82 bits per heavy atom. The Morgan fingerprint density at radius 3 is 2.61 bits per heavy atom. The van der Waals surface area contributed by atoms with Crippen molar-refractivity contribution >= 4 is 17.6 Å². The van der Waals surface area contributed by atoms with Crippen LogP contribution >= 0.6 is 11.6 Å². The Morgan fingerprint density at radius 1 is 1.00 bits per heavy atom. The fourth-order valence-corrected chi connectivity index (χ4v) is 5.74. The van der Waals surface area contributed by atoms with Gasteiger partial charge in [-0.25, -0.2) is 14.9 Å². The van der Waals surface area contributed by atoms with Crippen molar-refractivity contribution in [2.75, 3.05) is 7.05 Å². The maximum Gasteiger partial charge on any atom is 0.222 e. The fraction of sp³-hybridized carbons (Fsp3) is 0.296. The second-order valence-corrected chi connectivity index (χ2v) is 9.76. The first-order valence-corrected chi connectivity index (χ1v) is 11.8. The zero-order chi connectivity index (χ0) is 22.6. The molecule has 0 amide bonds. The van der Waals surface area contributed by atoms with E-state index in [1.54, 1.807) is 12.1 Å². The number of benzene rings is 3. The van der Waals surface area contributed by atoms with Crippen molar-refractivity contribution in [3.05, 3.63) is 88.4 Å². The van der Waals surface area contributed by atoms with Crippen LogP contribution in [0.3, 0.4) is 0 Å². The molecule has 2 spiro atoms. The number of rotatable bonds is 1. The third-order valence-electron chi connectivity index (χ3n) is 7.06. The molecule has 2 heterocycles. The van der Waals surface area contributed by atoms with Gasteiger partial charge in [0.15, 0.2) is 0 Å². The van der Waals surface area contributed by atoms with Crippen molar-refractivity contribution in [1.29, 1.82) is 0 Å². The van der Waals surface area contributed by atoms with Crippen molar-refractivity contribution in [2.45, 2.75) is 43.4 Å². The van der Waals surface area contributed by atoms with Crippen LogP contribution < -0.4 is 10.5 Å². The lowest BCUT2D eigenvalue weighted by atomic mass is 9.78. The SMILES string of the molecule is CN1OC2(CC3(CCCc4ccccc4C3)Oc3ccc(-c4cccc(Cl)c4)cc32)N=C1N. The molecule has 2 N–H and O–H groups in total. The maximum atomic E-state index is 6.83. The number of nitrogens with zero attached hydrogens (tertiary/aromatic N) is 2. The van der Waals surface area contributed by atoms with E-state index in [1.807, 2.05) is 30.3 Å². The number of hydrogen-bond donors (Lipinski definition) is 1. The normalized spacial score (nSPS) is 25.9. The minimum Gasteiger partial charge on any atom is -0.486 e. The first-order chi connectivity index (χ1) is 16.0. The molecule has 0 saturated heterocycles. The minimum absolute atomic E-state index is 0.375. The second kappa shape index (κ2) is 7.51. The number of fused-ring (bicyclic) bond motifs is 3. The molecule has 3 aliphatic rings. The van der Waals surface area contributed by atoms with Crippen LogP contribution in [0, 0.1) is 0 Å². The van der Waals surface area contributed by atoms with E-state index in [1.165, 1.54) is 11.1 Å². The Balaban J connectivity index is 1.48. The van der Waals surface area contributed by atoms with Gasteiger partial charge >= 0.3 is 0 Å². The molecule has 2 unspecified atom stereocenters. The first-order valence-electron chi connectivity index (χ1n) is 11.4. The molecule has 0 aromatic heterocycles. The summed E-state index contributed by atoms with van der Waals surface area (Å²) in [7, 11) is 1.80. The number of hydrogen-bond acceptors (Lipinski definition) is 5. The van der Waals surface area contributed by atoms with Gasteiger partial charge in [0.2, 0.25) is 11.7 Å². The molecular weight excluding hydrogens is 434 g/mol. The zero-order valence-corrected chi connectivity index (χ0v) is 19.3. The smallest absolute Gasteiger partial charge is 0.222 e. The van der Waals surface area contributed by atoms with E-state index in [0.29, 0.717) is 17.4 Å². The highest BCUT2D eigenvalue weighted by atomic mass is 35.5. The molecule has 33 heavy (non-hydrogen) atoms. The highest BCUT2D eigenvalue weighted by molar-refractivity contribution is 6.30.